The van der Waals surface area contributed by atoms with E-state index < -0.39 is 53.7 Å². The Morgan fingerprint density at radius 3 is 1.87 bits per heavy atom. The number of aromatic amines is 1. The lowest BCUT2D eigenvalue weighted by atomic mass is 10.0. The number of aryl methyl sites for hydroxylation is 1. The van der Waals surface area contributed by atoms with Crippen molar-refractivity contribution in [1.82, 2.24) is 15.6 Å². The summed E-state index contributed by atoms with van der Waals surface area (Å²) >= 11 is 0. The molecule has 46 heavy (non-hydrogen) atoms. The van der Waals surface area contributed by atoms with Crippen molar-refractivity contribution in [3.63, 3.8) is 0 Å². The van der Waals surface area contributed by atoms with Crippen LogP contribution in [0.5, 0.6) is 0 Å². The number of anilines is 1. The van der Waals surface area contributed by atoms with Gasteiger partial charge in [0.2, 0.25) is 0 Å². The molecule has 2 heterocycles. The average molecular weight is 641 g/mol. The molecule has 2 aromatic rings. The van der Waals surface area contributed by atoms with Gasteiger partial charge in [-0.2, -0.15) is 0 Å². The number of benzene rings is 1. The molecule has 15 heteroatoms. The molecule has 0 aliphatic carbocycles. The van der Waals surface area contributed by atoms with Crippen LogP contribution in [-0.2, 0) is 42.9 Å². The normalized spacial score (nSPS) is 14.0. The van der Waals surface area contributed by atoms with Gasteiger partial charge < -0.3 is 39.9 Å². The molecule has 0 fully saturated rings. The van der Waals surface area contributed by atoms with Crippen LogP contribution in [-0.4, -0.2) is 87.1 Å². The molecule has 3 rings (SSSR count). The minimum atomic E-state index is -1.12. The van der Waals surface area contributed by atoms with E-state index in [0.717, 1.165) is 7.11 Å². The second-order valence-electron chi connectivity index (χ2n) is 10.3. The third-order valence-electron chi connectivity index (χ3n) is 7.37. The van der Waals surface area contributed by atoms with Crippen molar-refractivity contribution in [2.45, 2.75) is 51.6 Å². The van der Waals surface area contributed by atoms with Crippen molar-refractivity contribution < 1.29 is 52.5 Å². The molecule has 0 radical (unpaired) electrons. The number of aromatic nitrogens is 1. The van der Waals surface area contributed by atoms with Gasteiger partial charge in [0, 0.05) is 41.0 Å². The summed E-state index contributed by atoms with van der Waals surface area (Å²) in [5.41, 5.74) is 2.74. The number of hydrogen-bond acceptors (Lipinski definition) is 11. The predicted octanol–water partition coefficient (Wildman–Crippen LogP) is 1.57. The van der Waals surface area contributed by atoms with Crippen LogP contribution in [0.3, 0.4) is 0 Å². The highest BCUT2D eigenvalue weighted by atomic mass is 16.5. The quantitative estimate of drug-likeness (QED) is 0.140. The molecule has 4 N–H and O–H groups in total. The number of H-pyrrole nitrogens is 1. The highest BCUT2D eigenvalue weighted by molar-refractivity contribution is 6.35. The Hall–Kier alpha value is -5.47. The van der Waals surface area contributed by atoms with Gasteiger partial charge in [-0.3, -0.25) is 24.0 Å². The molecule has 246 valence electrons. The van der Waals surface area contributed by atoms with Crippen molar-refractivity contribution in [3.05, 3.63) is 51.8 Å². The largest absolute Gasteiger partial charge is 0.469 e. The SMILES string of the molecule is COC(=O)CC[C@H](NC(=O)c1ccc2c(c1)/C(=C/c1[nH]c(C)c(C(=O)N[C@H](CCC(=O)OC)C(=O)OC)c1C)C(=O)N2)C(=O)OC. The Labute approximate surface area is 264 Å². The number of esters is 4. The van der Waals surface area contributed by atoms with Crippen LogP contribution >= 0.6 is 0 Å². The molecule has 0 saturated carbocycles. The predicted molar refractivity (Wildman–Crippen MR) is 162 cm³/mol. The van der Waals surface area contributed by atoms with Gasteiger partial charge in [-0.15, -0.1) is 0 Å². The number of hydrogen-bond donors (Lipinski definition) is 4. The number of amides is 3. The summed E-state index contributed by atoms with van der Waals surface area (Å²) in [6, 6.07) is 2.26. The standard InChI is InChI=1S/C31H36N4O11/c1-15-23(32-16(2)26(15)29(40)35-22(31(42)46-6)10-12-25(37)44-4)14-19-18-13-17(7-8-20(18)33-28(19)39)27(38)34-21(30(41)45-5)9-11-24(36)43-3/h7-8,13-14,21-22,32H,9-12H2,1-6H3,(H,33,39)(H,34,38)(H,35,40)/b19-14-/t21-,22+/m0/s1. The molecular formula is C31H36N4O11. The molecule has 2 atom stereocenters. The minimum Gasteiger partial charge on any atom is -0.469 e. The topological polar surface area (TPSA) is 208 Å². The van der Waals surface area contributed by atoms with E-state index in [1.807, 2.05) is 0 Å². The number of methoxy groups -OCH3 is 4. The van der Waals surface area contributed by atoms with Gasteiger partial charge in [0.25, 0.3) is 17.7 Å². The van der Waals surface area contributed by atoms with Gasteiger partial charge in [-0.05, 0) is 56.5 Å². The van der Waals surface area contributed by atoms with E-state index in [9.17, 15) is 33.6 Å². The van der Waals surface area contributed by atoms with E-state index in [2.05, 4.69) is 30.4 Å². The maximum Gasteiger partial charge on any atom is 0.328 e. The van der Waals surface area contributed by atoms with Gasteiger partial charge in [-0.1, -0.05) is 0 Å². The highest BCUT2D eigenvalue weighted by Crippen LogP contribution is 2.35. The van der Waals surface area contributed by atoms with Gasteiger partial charge in [0.1, 0.15) is 12.1 Å². The zero-order chi connectivity index (χ0) is 34.1. The molecule has 3 amide bonds. The summed E-state index contributed by atoms with van der Waals surface area (Å²) in [4.78, 5) is 90.1. The summed E-state index contributed by atoms with van der Waals surface area (Å²) in [6.45, 7) is 3.31. The first kappa shape index (κ1) is 35.0. The number of rotatable bonds is 13. The third-order valence-corrected chi connectivity index (χ3v) is 7.37. The summed E-state index contributed by atoms with van der Waals surface area (Å²) in [6.07, 6.45) is 1.20. The first-order valence-electron chi connectivity index (χ1n) is 14.1. The van der Waals surface area contributed by atoms with Crippen molar-refractivity contribution >= 4 is 58.9 Å². The maximum absolute atomic E-state index is 13.3. The lowest BCUT2D eigenvalue weighted by Gasteiger charge is -2.16. The molecule has 0 bridgehead atoms. The Balaban J connectivity index is 1.88. The number of nitrogens with one attached hydrogen (secondary N) is 4. The van der Waals surface area contributed by atoms with Crippen LogP contribution in [0.15, 0.2) is 18.2 Å². The number of carbonyl (C=O) groups is 7. The Kier molecular flexibility index (Phi) is 11.8. The maximum atomic E-state index is 13.3. The minimum absolute atomic E-state index is 0.0387. The monoisotopic (exact) mass is 640 g/mol. The smallest absolute Gasteiger partial charge is 0.328 e. The van der Waals surface area contributed by atoms with E-state index in [4.69, 9.17) is 9.47 Å². The van der Waals surface area contributed by atoms with Crippen molar-refractivity contribution in [3.8, 4) is 0 Å². The second kappa shape index (κ2) is 15.5. The summed E-state index contributed by atoms with van der Waals surface area (Å²) in [5, 5.41) is 7.88. The molecular weight excluding hydrogens is 604 g/mol. The van der Waals surface area contributed by atoms with Crippen molar-refractivity contribution in [2.75, 3.05) is 33.8 Å². The van der Waals surface area contributed by atoms with Gasteiger partial charge in [0.05, 0.1) is 39.6 Å². The molecule has 0 saturated heterocycles. The Morgan fingerprint density at radius 1 is 0.804 bits per heavy atom. The number of carbonyl (C=O) groups excluding carboxylic acids is 7. The zero-order valence-corrected chi connectivity index (χ0v) is 26.3. The lowest BCUT2D eigenvalue weighted by Crippen LogP contribution is -2.42. The Morgan fingerprint density at radius 2 is 1.35 bits per heavy atom. The van der Waals surface area contributed by atoms with Gasteiger partial charge in [0.15, 0.2) is 0 Å². The first-order chi connectivity index (χ1) is 21.8. The highest BCUT2D eigenvalue weighted by Gasteiger charge is 2.30. The fraction of sp³-hybridized carbons (Fsp3) is 0.387. The molecule has 1 aromatic carbocycles. The van der Waals surface area contributed by atoms with Crippen LogP contribution in [0.4, 0.5) is 5.69 Å². The second-order valence-corrected chi connectivity index (χ2v) is 10.3. The van der Waals surface area contributed by atoms with E-state index in [0.29, 0.717) is 28.2 Å². The van der Waals surface area contributed by atoms with Gasteiger partial charge >= 0.3 is 23.9 Å². The molecule has 15 nitrogen and oxygen atoms in total. The molecule has 0 unspecified atom stereocenters. The van der Waals surface area contributed by atoms with E-state index in [1.54, 1.807) is 13.8 Å². The first-order valence-corrected chi connectivity index (χ1v) is 14.1. The molecule has 1 aromatic heterocycles. The van der Waals surface area contributed by atoms with Crippen LogP contribution in [0.25, 0.3) is 11.6 Å². The molecule has 1 aliphatic heterocycles. The van der Waals surface area contributed by atoms with Crippen molar-refractivity contribution in [2.24, 2.45) is 0 Å². The Bertz CT molecular complexity index is 1590. The summed E-state index contributed by atoms with van der Waals surface area (Å²) < 4.78 is 18.7. The summed E-state index contributed by atoms with van der Waals surface area (Å²) in [7, 11) is 4.75. The summed E-state index contributed by atoms with van der Waals surface area (Å²) in [5.74, 6) is -4.27. The molecule has 0 spiro atoms. The average Bonchev–Trinajstić information content (AvgIpc) is 3.52. The fourth-order valence-corrected chi connectivity index (χ4v) is 4.86. The lowest BCUT2D eigenvalue weighted by molar-refractivity contribution is -0.146. The van der Waals surface area contributed by atoms with E-state index in [-0.39, 0.29) is 42.4 Å². The van der Waals surface area contributed by atoms with E-state index in [1.165, 1.54) is 45.6 Å². The molecule has 1 aliphatic rings. The van der Waals surface area contributed by atoms with Crippen LogP contribution in [0.1, 0.15) is 68.9 Å². The van der Waals surface area contributed by atoms with Crippen LogP contribution in [0, 0.1) is 13.8 Å². The zero-order valence-electron chi connectivity index (χ0n) is 26.3. The van der Waals surface area contributed by atoms with E-state index >= 15 is 0 Å². The van der Waals surface area contributed by atoms with Crippen molar-refractivity contribution in [1.29, 1.82) is 0 Å². The number of ether oxygens (including phenoxy) is 4. The van der Waals surface area contributed by atoms with Crippen LogP contribution in [0.2, 0.25) is 0 Å². The third kappa shape index (κ3) is 8.16. The fourth-order valence-electron chi connectivity index (χ4n) is 4.86. The van der Waals surface area contributed by atoms with Gasteiger partial charge in [-0.25, -0.2) is 9.59 Å². The van der Waals surface area contributed by atoms with Crippen LogP contribution < -0.4 is 16.0 Å². The number of fused-ring (bicyclic) bond motifs is 1.